The average molecular weight is 317 g/mol. The quantitative estimate of drug-likeness (QED) is 0.884. The van der Waals surface area contributed by atoms with Crippen LogP contribution in [0.15, 0.2) is 35.2 Å². The summed E-state index contributed by atoms with van der Waals surface area (Å²) in [6.07, 6.45) is 3.57. The smallest absolute Gasteiger partial charge is 0.241 e. The van der Waals surface area contributed by atoms with E-state index in [-0.39, 0.29) is 11.3 Å². The van der Waals surface area contributed by atoms with Gasteiger partial charge in [0.15, 0.2) is 12.2 Å². The zero-order valence-corrected chi connectivity index (χ0v) is 13.9. The molecule has 0 saturated heterocycles. The van der Waals surface area contributed by atoms with E-state index < -0.39 is 6.04 Å². The molecule has 0 fully saturated rings. The van der Waals surface area contributed by atoms with Crippen molar-refractivity contribution in [1.29, 1.82) is 0 Å². The van der Waals surface area contributed by atoms with Crippen LogP contribution in [0.3, 0.4) is 0 Å². The van der Waals surface area contributed by atoms with Crippen LogP contribution in [0.25, 0.3) is 11.3 Å². The van der Waals surface area contributed by atoms with E-state index in [1.54, 1.807) is 25.4 Å². The van der Waals surface area contributed by atoms with Gasteiger partial charge in [0.1, 0.15) is 5.75 Å². The molecule has 0 aliphatic heterocycles. The number of methoxy groups -OCH3 is 1. The van der Waals surface area contributed by atoms with Gasteiger partial charge in [-0.2, -0.15) is 0 Å². The molecule has 0 aliphatic rings. The summed E-state index contributed by atoms with van der Waals surface area (Å²) in [6, 6.07) is 4.77. The van der Waals surface area contributed by atoms with E-state index in [2.05, 4.69) is 31.1 Å². The lowest BCUT2D eigenvalue weighted by atomic mass is 9.88. The first kappa shape index (κ1) is 17.0. The first-order valence-electron chi connectivity index (χ1n) is 7.43. The molecule has 0 saturated carbocycles. The zero-order valence-electron chi connectivity index (χ0n) is 13.9. The number of rotatable bonds is 5. The van der Waals surface area contributed by atoms with Crippen molar-refractivity contribution in [1.82, 2.24) is 4.98 Å². The van der Waals surface area contributed by atoms with Crippen LogP contribution in [-0.4, -0.2) is 24.0 Å². The lowest BCUT2D eigenvalue weighted by Gasteiger charge is -2.22. The second-order valence-corrected chi connectivity index (χ2v) is 6.64. The highest BCUT2D eigenvalue weighted by Crippen LogP contribution is 2.32. The van der Waals surface area contributed by atoms with Gasteiger partial charge in [0.2, 0.25) is 5.91 Å². The van der Waals surface area contributed by atoms with Crippen molar-refractivity contribution in [2.24, 2.45) is 11.1 Å². The highest BCUT2D eigenvalue weighted by atomic mass is 16.5. The number of nitrogens with one attached hydrogen (secondary N) is 1. The molecule has 2 aromatic rings. The summed E-state index contributed by atoms with van der Waals surface area (Å²) in [7, 11) is 1.56. The molecule has 1 amide bonds. The van der Waals surface area contributed by atoms with Crippen LogP contribution >= 0.6 is 0 Å². The van der Waals surface area contributed by atoms with Gasteiger partial charge in [-0.15, -0.1) is 0 Å². The predicted octanol–water partition coefficient (Wildman–Crippen LogP) is 3.05. The number of carbonyl (C=O) groups excluding carboxylic acids is 1. The highest BCUT2D eigenvalue weighted by Gasteiger charge is 2.21. The Morgan fingerprint density at radius 3 is 2.74 bits per heavy atom. The molecular weight excluding hydrogens is 294 g/mol. The van der Waals surface area contributed by atoms with Crippen LogP contribution in [0.5, 0.6) is 5.75 Å². The van der Waals surface area contributed by atoms with Crippen LogP contribution in [-0.2, 0) is 4.79 Å². The molecule has 124 valence electrons. The van der Waals surface area contributed by atoms with Crippen molar-refractivity contribution >= 4 is 11.6 Å². The van der Waals surface area contributed by atoms with E-state index in [4.69, 9.17) is 14.9 Å². The van der Waals surface area contributed by atoms with E-state index in [1.165, 1.54) is 6.39 Å². The number of amides is 1. The molecule has 1 aromatic heterocycles. The standard InChI is InChI=1S/C17H23N3O3/c1-17(2,3)8-13(18)16(21)20-11-5-6-12(14(7-11)22-4)15-9-19-10-23-15/h5-7,9-10,13H,8,18H2,1-4H3,(H,20,21). The topological polar surface area (TPSA) is 90.4 Å². The molecule has 1 atom stereocenters. The van der Waals surface area contributed by atoms with E-state index in [0.29, 0.717) is 23.6 Å². The minimum Gasteiger partial charge on any atom is -0.496 e. The third-order valence-corrected chi connectivity index (χ3v) is 3.34. The largest absolute Gasteiger partial charge is 0.496 e. The molecule has 23 heavy (non-hydrogen) atoms. The van der Waals surface area contributed by atoms with E-state index in [9.17, 15) is 4.79 Å². The minimum absolute atomic E-state index is 0.00933. The van der Waals surface area contributed by atoms with Gasteiger partial charge in [0.05, 0.1) is 24.9 Å². The van der Waals surface area contributed by atoms with Crippen LogP contribution in [0, 0.1) is 5.41 Å². The summed E-state index contributed by atoms with van der Waals surface area (Å²) in [6.45, 7) is 6.15. The molecule has 1 aromatic carbocycles. The van der Waals surface area contributed by atoms with Gasteiger partial charge in [-0.1, -0.05) is 20.8 Å². The summed E-state index contributed by atoms with van der Waals surface area (Å²) in [5, 5.41) is 2.82. The van der Waals surface area contributed by atoms with Crippen LogP contribution < -0.4 is 15.8 Å². The van der Waals surface area contributed by atoms with Gasteiger partial charge in [-0.25, -0.2) is 4.98 Å². The number of anilines is 1. The Labute approximate surface area is 136 Å². The fraction of sp³-hybridized carbons (Fsp3) is 0.412. The molecular formula is C17H23N3O3. The molecule has 2 rings (SSSR count). The SMILES string of the molecule is COc1cc(NC(=O)C(N)CC(C)(C)C)ccc1-c1cnco1. The summed E-state index contributed by atoms with van der Waals surface area (Å²) in [4.78, 5) is 16.1. The number of carbonyl (C=O) groups is 1. The lowest BCUT2D eigenvalue weighted by molar-refractivity contribution is -0.118. The average Bonchev–Trinajstić information content (AvgIpc) is 2.99. The number of hydrogen-bond acceptors (Lipinski definition) is 5. The van der Waals surface area contributed by atoms with Gasteiger partial charge < -0.3 is 20.2 Å². The highest BCUT2D eigenvalue weighted by molar-refractivity contribution is 5.95. The molecule has 3 N–H and O–H groups in total. The summed E-state index contributed by atoms with van der Waals surface area (Å²) < 4.78 is 10.6. The second kappa shape index (κ2) is 6.83. The Morgan fingerprint density at radius 2 is 2.17 bits per heavy atom. The Morgan fingerprint density at radius 1 is 1.43 bits per heavy atom. The van der Waals surface area contributed by atoms with Crippen molar-refractivity contribution < 1.29 is 13.9 Å². The minimum atomic E-state index is -0.560. The van der Waals surface area contributed by atoms with Crippen molar-refractivity contribution in [3.05, 3.63) is 30.8 Å². The van der Waals surface area contributed by atoms with Crippen molar-refractivity contribution in [2.45, 2.75) is 33.2 Å². The Balaban J connectivity index is 2.14. The molecule has 0 spiro atoms. The van der Waals surface area contributed by atoms with E-state index in [1.807, 2.05) is 6.07 Å². The van der Waals surface area contributed by atoms with Gasteiger partial charge >= 0.3 is 0 Å². The first-order chi connectivity index (χ1) is 10.8. The number of nitrogens with zero attached hydrogens (tertiary/aromatic N) is 1. The van der Waals surface area contributed by atoms with Crippen molar-refractivity contribution in [3.8, 4) is 17.1 Å². The number of nitrogens with two attached hydrogens (primary N) is 1. The summed E-state index contributed by atoms with van der Waals surface area (Å²) in [5.41, 5.74) is 7.34. The number of ether oxygens (including phenoxy) is 1. The molecule has 0 radical (unpaired) electrons. The monoisotopic (exact) mass is 317 g/mol. The summed E-state index contributed by atoms with van der Waals surface area (Å²) >= 11 is 0. The Kier molecular flexibility index (Phi) is 5.05. The first-order valence-corrected chi connectivity index (χ1v) is 7.43. The number of oxazole rings is 1. The number of hydrogen-bond donors (Lipinski definition) is 2. The second-order valence-electron chi connectivity index (χ2n) is 6.64. The lowest BCUT2D eigenvalue weighted by Crippen LogP contribution is -2.38. The Bertz CT molecular complexity index is 660. The predicted molar refractivity (Wildman–Crippen MR) is 89.2 cm³/mol. The molecule has 1 heterocycles. The maximum Gasteiger partial charge on any atom is 0.241 e. The molecule has 0 aliphatic carbocycles. The molecule has 0 bridgehead atoms. The normalized spacial score (nSPS) is 12.7. The van der Waals surface area contributed by atoms with E-state index in [0.717, 1.165) is 5.56 Å². The maximum atomic E-state index is 12.2. The van der Waals surface area contributed by atoms with Crippen molar-refractivity contribution in [2.75, 3.05) is 12.4 Å². The van der Waals surface area contributed by atoms with Crippen LogP contribution in [0.4, 0.5) is 5.69 Å². The zero-order chi connectivity index (χ0) is 17.0. The Hall–Kier alpha value is -2.34. The maximum absolute atomic E-state index is 12.2. The van der Waals surface area contributed by atoms with Gasteiger partial charge in [0.25, 0.3) is 0 Å². The third-order valence-electron chi connectivity index (χ3n) is 3.34. The number of benzene rings is 1. The van der Waals surface area contributed by atoms with E-state index >= 15 is 0 Å². The van der Waals surface area contributed by atoms with Crippen LogP contribution in [0.2, 0.25) is 0 Å². The fourth-order valence-corrected chi connectivity index (χ4v) is 2.31. The number of aromatic nitrogens is 1. The van der Waals surface area contributed by atoms with Crippen LogP contribution in [0.1, 0.15) is 27.2 Å². The molecule has 1 unspecified atom stereocenters. The van der Waals surface area contributed by atoms with Gasteiger partial charge in [0, 0.05) is 11.8 Å². The third kappa shape index (κ3) is 4.56. The fourth-order valence-electron chi connectivity index (χ4n) is 2.31. The van der Waals surface area contributed by atoms with Crippen molar-refractivity contribution in [3.63, 3.8) is 0 Å². The summed E-state index contributed by atoms with van der Waals surface area (Å²) in [5.74, 6) is 0.975. The molecule has 6 nitrogen and oxygen atoms in total. The van der Waals surface area contributed by atoms with Gasteiger partial charge in [-0.05, 0) is 24.0 Å². The molecule has 6 heteroatoms. The van der Waals surface area contributed by atoms with Gasteiger partial charge in [-0.3, -0.25) is 4.79 Å².